The monoisotopic (exact) mass is 235 g/mol. The van der Waals surface area contributed by atoms with Crippen LogP contribution in [0.25, 0.3) is 0 Å². The third kappa shape index (κ3) is 4.11. The topological polar surface area (TPSA) is 145 Å². The van der Waals surface area contributed by atoms with Gasteiger partial charge >= 0.3 is 6.03 Å². The van der Waals surface area contributed by atoms with Crippen LogP contribution in [0.3, 0.4) is 0 Å². The third-order valence-electron chi connectivity index (χ3n) is 2.07. The summed E-state index contributed by atoms with van der Waals surface area (Å²) in [5.74, 6) is -0.716. The van der Waals surface area contributed by atoms with E-state index in [1.807, 2.05) is 5.32 Å². The van der Waals surface area contributed by atoms with Gasteiger partial charge in [0.2, 0.25) is 5.91 Å². The maximum atomic E-state index is 11.3. The third-order valence-corrected chi connectivity index (χ3v) is 2.07. The van der Waals surface area contributed by atoms with Crippen LogP contribution >= 0.6 is 0 Å². The number of primary amides is 1. The predicted molar refractivity (Wildman–Crippen MR) is 54.3 cm³/mol. The molecular formula is C8H17N3O5. The van der Waals surface area contributed by atoms with Gasteiger partial charge in [0, 0.05) is 0 Å². The van der Waals surface area contributed by atoms with Gasteiger partial charge in [0.1, 0.15) is 0 Å². The first-order chi connectivity index (χ1) is 7.40. The Hall–Kier alpha value is -1.22. The van der Waals surface area contributed by atoms with Gasteiger partial charge < -0.3 is 21.1 Å². The Morgan fingerprint density at radius 3 is 2.00 bits per heavy atom. The number of imide groups is 1. The van der Waals surface area contributed by atoms with Gasteiger partial charge in [-0.3, -0.25) is 15.4 Å². The van der Waals surface area contributed by atoms with Gasteiger partial charge in [-0.25, -0.2) is 4.79 Å². The lowest BCUT2D eigenvalue weighted by atomic mass is 10.0. The second kappa shape index (κ2) is 6.38. The summed E-state index contributed by atoms with van der Waals surface area (Å²) in [7, 11) is 0. The van der Waals surface area contributed by atoms with Crippen LogP contribution in [0.2, 0.25) is 0 Å². The van der Waals surface area contributed by atoms with Crippen molar-refractivity contribution in [1.82, 2.24) is 10.6 Å². The molecule has 0 aliphatic heterocycles. The van der Waals surface area contributed by atoms with Crippen molar-refractivity contribution >= 4 is 11.9 Å². The molecule has 94 valence electrons. The van der Waals surface area contributed by atoms with Crippen molar-refractivity contribution in [2.75, 3.05) is 19.8 Å². The normalized spacial score (nSPS) is 13.2. The molecule has 8 nitrogen and oxygen atoms in total. The highest BCUT2D eigenvalue weighted by Gasteiger charge is 2.31. The molecule has 3 amide bonds. The van der Waals surface area contributed by atoms with Crippen molar-refractivity contribution in [3.63, 3.8) is 0 Å². The van der Waals surface area contributed by atoms with Crippen molar-refractivity contribution in [1.29, 1.82) is 0 Å². The Morgan fingerprint density at radius 2 is 1.69 bits per heavy atom. The Morgan fingerprint density at radius 1 is 1.25 bits per heavy atom. The minimum absolute atomic E-state index is 0.561. The lowest BCUT2D eigenvalue weighted by Crippen LogP contribution is -2.61. The highest BCUT2D eigenvalue weighted by Crippen LogP contribution is 2.03. The summed E-state index contributed by atoms with van der Waals surface area (Å²) in [6.07, 6.45) is 0. The van der Waals surface area contributed by atoms with Crippen molar-refractivity contribution in [2.45, 2.75) is 18.5 Å². The molecule has 0 aliphatic rings. The SMILES string of the molecule is CC(NC(CO)(CO)CO)C(=O)NC(N)=O. The summed E-state index contributed by atoms with van der Waals surface area (Å²) in [5.41, 5.74) is 3.37. The van der Waals surface area contributed by atoms with E-state index in [0.717, 1.165) is 0 Å². The number of aliphatic hydroxyl groups excluding tert-OH is 3. The average molecular weight is 235 g/mol. The lowest BCUT2D eigenvalue weighted by Gasteiger charge is -2.31. The zero-order valence-corrected chi connectivity index (χ0v) is 8.93. The molecule has 0 rings (SSSR count). The van der Waals surface area contributed by atoms with E-state index in [2.05, 4.69) is 5.32 Å². The van der Waals surface area contributed by atoms with E-state index in [0.29, 0.717) is 0 Å². The number of nitrogens with two attached hydrogens (primary N) is 1. The molecule has 1 unspecified atom stereocenters. The number of amides is 3. The Kier molecular flexibility index (Phi) is 5.89. The van der Waals surface area contributed by atoms with Crippen LogP contribution in [-0.4, -0.2) is 58.7 Å². The number of hydrogen-bond acceptors (Lipinski definition) is 6. The van der Waals surface area contributed by atoms with Crippen LogP contribution in [0.1, 0.15) is 6.92 Å². The van der Waals surface area contributed by atoms with E-state index in [9.17, 15) is 9.59 Å². The molecule has 0 fully saturated rings. The highest BCUT2D eigenvalue weighted by molar-refractivity contribution is 5.96. The Balaban J connectivity index is 4.45. The molecular weight excluding hydrogens is 218 g/mol. The van der Waals surface area contributed by atoms with Crippen molar-refractivity contribution in [2.24, 2.45) is 5.73 Å². The molecule has 8 heteroatoms. The molecule has 0 aliphatic carbocycles. The van der Waals surface area contributed by atoms with E-state index in [1.165, 1.54) is 6.92 Å². The quantitative estimate of drug-likeness (QED) is 0.287. The van der Waals surface area contributed by atoms with E-state index < -0.39 is 43.3 Å². The van der Waals surface area contributed by atoms with Gasteiger partial charge in [-0.1, -0.05) is 0 Å². The molecule has 0 aromatic rings. The fourth-order valence-corrected chi connectivity index (χ4v) is 1.04. The molecule has 0 saturated carbocycles. The van der Waals surface area contributed by atoms with Crippen molar-refractivity contribution in [3.05, 3.63) is 0 Å². The maximum Gasteiger partial charge on any atom is 0.318 e. The first-order valence-corrected chi connectivity index (χ1v) is 4.61. The number of aliphatic hydroxyl groups is 3. The van der Waals surface area contributed by atoms with Gasteiger partial charge in [0.25, 0.3) is 0 Å². The van der Waals surface area contributed by atoms with Crippen LogP contribution in [0.15, 0.2) is 0 Å². The van der Waals surface area contributed by atoms with Gasteiger partial charge in [0.15, 0.2) is 0 Å². The molecule has 0 bridgehead atoms. The molecule has 0 heterocycles. The molecule has 1 atom stereocenters. The summed E-state index contributed by atoms with van der Waals surface area (Å²) >= 11 is 0. The van der Waals surface area contributed by atoms with E-state index in [4.69, 9.17) is 21.1 Å². The largest absolute Gasteiger partial charge is 0.394 e. The summed E-state index contributed by atoms with van der Waals surface area (Å²) in [6.45, 7) is -0.287. The van der Waals surface area contributed by atoms with Crippen LogP contribution < -0.4 is 16.4 Å². The second-order valence-corrected chi connectivity index (χ2v) is 3.47. The van der Waals surface area contributed by atoms with Crippen LogP contribution in [0, 0.1) is 0 Å². The van der Waals surface area contributed by atoms with Crippen LogP contribution in [0.4, 0.5) is 4.79 Å². The second-order valence-electron chi connectivity index (χ2n) is 3.47. The summed E-state index contributed by atoms with van der Waals surface area (Å²) in [6, 6.07) is -1.90. The smallest absolute Gasteiger partial charge is 0.318 e. The zero-order chi connectivity index (χ0) is 12.8. The summed E-state index contributed by atoms with van der Waals surface area (Å²) in [5, 5.41) is 31.3. The van der Waals surface area contributed by atoms with Crippen molar-refractivity contribution in [3.8, 4) is 0 Å². The molecule has 0 saturated heterocycles. The number of rotatable bonds is 6. The average Bonchev–Trinajstić information content (AvgIpc) is 2.25. The summed E-state index contributed by atoms with van der Waals surface area (Å²) < 4.78 is 0. The molecule has 0 aromatic heterocycles. The molecule has 7 N–H and O–H groups in total. The van der Waals surface area contributed by atoms with Gasteiger partial charge in [-0.2, -0.15) is 0 Å². The number of carbonyl (C=O) groups excluding carboxylic acids is 2. The van der Waals surface area contributed by atoms with E-state index in [1.54, 1.807) is 0 Å². The maximum absolute atomic E-state index is 11.3. The number of carbonyl (C=O) groups is 2. The van der Waals surface area contributed by atoms with Gasteiger partial charge in [-0.15, -0.1) is 0 Å². The van der Waals surface area contributed by atoms with Crippen molar-refractivity contribution < 1.29 is 24.9 Å². The first kappa shape index (κ1) is 14.8. The fraction of sp³-hybridized carbons (Fsp3) is 0.750. The lowest BCUT2D eigenvalue weighted by molar-refractivity contribution is -0.122. The highest BCUT2D eigenvalue weighted by atomic mass is 16.3. The minimum atomic E-state index is -1.38. The van der Waals surface area contributed by atoms with E-state index in [-0.39, 0.29) is 0 Å². The summed E-state index contributed by atoms with van der Waals surface area (Å²) in [4.78, 5) is 21.7. The van der Waals surface area contributed by atoms with Crippen LogP contribution in [-0.2, 0) is 4.79 Å². The molecule has 16 heavy (non-hydrogen) atoms. The molecule has 0 aromatic carbocycles. The molecule has 0 spiro atoms. The number of nitrogens with one attached hydrogen (secondary N) is 2. The Bertz CT molecular complexity index is 246. The van der Waals surface area contributed by atoms with Gasteiger partial charge in [-0.05, 0) is 6.92 Å². The first-order valence-electron chi connectivity index (χ1n) is 4.61. The number of urea groups is 1. The van der Waals surface area contributed by atoms with Crippen LogP contribution in [0.5, 0.6) is 0 Å². The molecule has 0 radical (unpaired) electrons. The number of hydrogen-bond donors (Lipinski definition) is 6. The Labute approximate surface area is 92.4 Å². The minimum Gasteiger partial charge on any atom is -0.394 e. The fourth-order valence-electron chi connectivity index (χ4n) is 1.04. The van der Waals surface area contributed by atoms with E-state index >= 15 is 0 Å². The van der Waals surface area contributed by atoms with Gasteiger partial charge in [0.05, 0.1) is 31.4 Å². The zero-order valence-electron chi connectivity index (χ0n) is 8.93. The predicted octanol–water partition coefficient (Wildman–Crippen LogP) is -3.12. The standard InChI is InChI=1S/C8H17N3O5/c1-5(6(15)10-7(9)16)11-8(2-12,3-13)4-14/h5,11-14H,2-4H2,1H3,(H3,9,10,15,16).